The molecule has 0 spiro atoms. The maximum absolute atomic E-state index is 11.0. The highest BCUT2D eigenvalue weighted by Crippen LogP contribution is 2.45. The van der Waals surface area contributed by atoms with Crippen LogP contribution in [0.2, 0.25) is 0 Å². The van der Waals surface area contributed by atoms with E-state index in [1.165, 1.54) is 36.9 Å². The number of fused-ring (bicyclic) bond motifs is 1. The van der Waals surface area contributed by atoms with Crippen molar-refractivity contribution in [1.29, 1.82) is 0 Å². The lowest BCUT2D eigenvalue weighted by Crippen LogP contribution is -2.35. The molecule has 0 amide bonds. The van der Waals surface area contributed by atoms with Gasteiger partial charge in [-0.3, -0.25) is 4.98 Å². The maximum Gasteiger partial charge on any atom is 0.0731 e. The highest BCUT2D eigenvalue weighted by atomic mass is 16.3. The zero-order valence-corrected chi connectivity index (χ0v) is 10.4. The first-order valence-electron chi connectivity index (χ1n) is 6.96. The van der Waals surface area contributed by atoms with Gasteiger partial charge in [-0.05, 0) is 37.3 Å². The fraction of sp³-hybridized carbons (Fsp3) is 0.667. The van der Waals surface area contributed by atoms with Crippen LogP contribution >= 0.6 is 0 Å². The van der Waals surface area contributed by atoms with Gasteiger partial charge in [0.1, 0.15) is 0 Å². The predicted molar refractivity (Wildman–Crippen MR) is 68.0 cm³/mol. The zero-order valence-electron chi connectivity index (χ0n) is 10.4. The van der Waals surface area contributed by atoms with E-state index in [9.17, 15) is 5.11 Å². The van der Waals surface area contributed by atoms with Crippen LogP contribution in [-0.4, -0.2) is 15.7 Å². The number of hydrogen-bond acceptors (Lipinski definition) is 2. The SMILES string of the molecule is OC1(C2CCc3cccnc32)CCCCCC1. The lowest BCUT2D eigenvalue weighted by Gasteiger charge is -2.33. The number of hydrogen-bond donors (Lipinski definition) is 1. The van der Waals surface area contributed by atoms with Crippen molar-refractivity contribution in [1.82, 2.24) is 4.98 Å². The Morgan fingerprint density at radius 1 is 1.18 bits per heavy atom. The Bertz CT molecular complexity index is 394. The van der Waals surface area contributed by atoms with E-state index >= 15 is 0 Å². The van der Waals surface area contributed by atoms with Crippen LogP contribution in [0.5, 0.6) is 0 Å². The van der Waals surface area contributed by atoms with E-state index in [2.05, 4.69) is 11.1 Å². The van der Waals surface area contributed by atoms with Crippen LogP contribution in [0.1, 0.15) is 62.1 Å². The molecule has 0 saturated heterocycles. The van der Waals surface area contributed by atoms with Gasteiger partial charge in [-0.15, -0.1) is 0 Å². The average Bonchev–Trinajstić information content (AvgIpc) is 2.67. The van der Waals surface area contributed by atoms with Crippen molar-refractivity contribution in [2.75, 3.05) is 0 Å². The van der Waals surface area contributed by atoms with Crippen LogP contribution in [0.3, 0.4) is 0 Å². The monoisotopic (exact) mass is 231 g/mol. The molecule has 17 heavy (non-hydrogen) atoms. The Kier molecular flexibility index (Phi) is 2.91. The summed E-state index contributed by atoms with van der Waals surface area (Å²) in [4.78, 5) is 4.53. The van der Waals surface area contributed by atoms with E-state index in [4.69, 9.17) is 0 Å². The third-order valence-electron chi connectivity index (χ3n) is 4.58. The normalized spacial score (nSPS) is 27.5. The molecule has 0 bridgehead atoms. The van der Waals surface area contributed by atoms with Crippen LogP contribution in [0.25, 0.3) is 0 Å². The summed E-state index contributed by atoms with van der Waals surface area (Å²) >= 11 is 0. The van der Waals surface area contributed by atoms with Gasteiger partial charge in [0.25, 0.3) is 0 Å². The van der Waals surface area contributed by atoms with Crippen molar-refractivity contribution in [2.45, 2.75) is 62.9 Å². The van der Waals surface area contributed by atoms with Crippen molar-refractivity contribution < 1.29 is 5.11 Å². The molecule has 2 nitrogen and oxygen atoms in total. The molecule has 1 fully saturated rings. The van der Waals surface area contributed by atoms with E-state index < -0.39 is 5.60 Å². The molecule has 0 aliphatic heterocycles. The minimum absolute atomic E-state index is 0.289. The summed E-state index contributed by atoms with van der Waals surface area (Å²) < 4.78 is 0. The Labute approximate surface area is 103 Å². The van der Waals surface area contributed by atoms with Crippen LogP contribution < -0.4 is 0 Å². The number of aromatic nitrogens is 1. The molecule has 2 heteroatoms. The van der Waals surface area contributed by atoms with Crippen molar-refractivity contribution in [3.05, 3.63) is 29.6 Å². The molecule has 1 saturated carbocycles. The number of pyridine rings is 1. The minimum Gasteiger partial charge on any atom is -0.389 e. The minimum atomic E-state index is -0.476. The van der Waals surface area contributed by atoms with E-state index in [1.54, 1.807) is 0 Å². The molecule has 1 aromatic rings. The summed E-state index contributed by atoms with van der Waals surface area (Å²) in [7, 11) is 0. The topological polar surface area (TPSA) is 33.1 Å². The summed E-state index contributed by atoms with van der Waals surface area (Å²) in [5, 5.41) is 11.0. The summed E-state index contributed by atoms with van der Waals surface area (Å²) in [6.45, 7) is 0. The maximum atomic E-state index is 11.0. The van der Waals surface area contributed by atoms with Crippen molar-refractivity contribution in [2.24, 2.45) is 0 Å². The predicted octanol–water partition coefficient (Wildman–Crippen LogP) is 3.20. The van der Waals surface area contributed by atoms with Crippen molar-refractivity contribution in [3.8, 4) is 0 Å². The Hall–Kier alpha value is -0.890. The summed E-state index contributed by atoms with van der Waals surface area (Å²) in [6.07, 6.45) is 10.9. The van der Waals surface area contributed by atoms with Gasteiger partial charge < -0.3 is 5.11 Å². The van der Waals surface area contributed by atoms with Gasteiger partial charge in [0.15, 0.2) is 0 Å². The first kappa shape index (κ1) is 11.2. The highest BCUT2D eigenvalue weighted by Gasteiger charge is 2.41. The summed E-state index contributed by atoms with van der Waals surface area (Å²) in [5.74, 6) is 0.289. The molecule has 1 unspecified atom stereocenters. The molecule has 92 valence electrons. The van der Waals surface area contributed by atoms with E-state index in [-0.39, 0.29) is 5.92 Å². The molecular formula is C15H21NO. The fourth-order valence-corrected chi connectivity index (χ4v) is 3.62. The van der Waals surface area contributed by atoms with Gasteiger partial charge in [0.05, 0.1) is 5.60 Å². The molecule has 0 radical (unpaired) electrons. The Balaban J connectivity index is 1.89. The molecule has 2 aliphatic carbocycles. The molecule has 1 heterocycles. The van der Waals surface area contributed by atoms with Crippen molar-refractivity contribution in [3.63, 3.8) is 0 Å². The van der Waals surface area contributed by atoms with Gasteiger partial charge in [-0.25, -0.2) is 0 Å². The van der Waals surface area contributed by atoms with Gasteiger partial charge in [0, 0.05) is 17.8 Å². The largest absolute Gasteiger partial charge is 0.389 e. The van der Waals surface area contributed by atoms with E-state index in [1.807, 2.05) is 12.3 Å². The first-order chi connectivity index (χ1) is 8.30. The standard InChI is InChI=1S/C15H21NO/c17-15(9-3-1-2-4-10-15)13-8-7-12-6-5-11-16-14(12)13/h5-6,11,13,17H,1-4,7-10H2. The van der Waals surface area contributed by atoms with Gasteiger partial charge in [-0.2, -0.15) is 0 Å². The molecule has 1 N–H and O–H groups in total. The average molecular weight is 231 g/mol. The third kappa shape index (κ3) is 1.99. The second-order valence-corrected chi connectivity index (χ2v) is 5.66. The molecule has 1 atom stereocenters. The van der Waals surface area contributed by atoms with Crippen LogP contribution in [0.4, 0.5) is 0 Å². The molecule has 0 aromatic carbocycles. The second kappa shape index (κ2) is 4.41. The van der Waals surface area contributed by atoms with Gasteiger partial charge in [-0.1, -0.05) is 31.7 Å². The Morgan fingerprint density at radius 2 is 1.94 bits per heavy atom. The van der Waals surface area contributed by atoms with Crippen LogP contribution in [0.15, 0.2) is 18.3 Å². The van der Waals surface area contributed by atoms with Gasteiger partial charge >= 0.3 is 0 Å². The number of aryl methyl sites for hydroxylation is 1. The molecule has 3 rings (SSSR count). The highest BCUT2D eigenvalue weighted by molar-refractivity contribution is 5.31. The van der Waals surface area contributed by atoms with E-state index in [0.29, 0.717) is 0 Å². The van der Waals surface area contributed by atoms with Gasteiger partial charge in [0.2, 0.25) is 0 Å². The van der Waals surface area contributed by atoms with Crippen molar-refractivity contribution >= 4 is 0 Å². The number of aliphatic hydroxyl groups is 1. The summed E-state index contributed by atoms with van der Waals surface area (Å²) in [5.41, 5.74) is 2.06. The first-order valence-corrected chi connectivity index (χ1v) is 6.96. The Morgan fingerprint density at radius 3 is 2.71 bits per heavy atom. The van der Waals surface area contributed by atoms with Crippen LogP contribution in [-0.2, 0) is 6.42 Å². The van der Waals surface area contributed by atoms with Crippen LogP contribution in [0, 0.1) is 0 Å². The quantitative estimate of drug-likeness (QED) is 0.753. The molecular weight excluding hydrogens is 210 g/mol. The lowest BCUT2D eigenvalue weighted by atomic mass is 9.79. The van der Waals surface area contributed by atoms with E-state index in [0.717, 1.165) is 25.7 Å². The molecule has 1 aromatic heterocycles. The molecule has 2 aliphatic rings. The zero-order chi connectivity index (χ0) is 11.7. The number of rotatable bonds is 1. The number of nitrogens with zero attached hydrogens (tertiary/aromatic N) is 1. The lowest BCUT2D eigenvalue weighted by molar-refractivity contribution is -0.00347. The second-order valence-electron chi connectivity index (χ2n) is 5.66. The third-order valence-corrected chi connectivity index (χ3v) is 4.58. The smallest absolute Gasteiger partial charge is 0.0731 e. The summed E-state index contributed by atoms with van der Waals surface area (Å²) in [6, 6.07) is 4.18. The fourth-order valence-electron chi connectivity index (χ4n) is 3.62.